The van der Waals surface area contributed by atoms with Crippen molar-refractivity contribution >= 4 is 11.2 Å². The van der Waals surface area contributed by atoms with Crippen LogP contribution < -0.4 is 4.74 Å². The summed E-state index contributed by atoms with van der Waals surface area (Å²) in [4.78, 5) is 11.9. The molecule has 0 saturated carbocycles. The third-order valence-corrected chi connectivity index (χ3v) is 6.45. The number of nitrogens with zero attached hydrogens (tertiary/aromatic N) is 4. The van der Waals surface area contributed by atoms with Crippen molar-refractivity contribution in [3.63, 3.8) is 0 Å². The highest BCUT2D eigenvalue weighted by molar-refractivity contribution is 5.79. The second-order valence-electron chi connectivity index (χ2n) is 8.07. The number of halogens is 1. The highest BCUT2D eigenvalue weighted by Crippen LogP contribution is 2.41. The number of hydrogen-bond donors (Lipinski definition) is 0. The molecule has 6 heteroatoms. The van der Waals surface area contributed by atoms with E-state index in [0.29, 0.717) is 11.7 Å². The largest absolute Gasteiger partial charge is 0.497 e. The number of fused-ring (bicyclic) bond motifs is 5. The normalized spacial score (nSPS) is 19.2. The van der Waals surface area contributed by atoms with E-state index in [1.807, 2.05) is 12.1 Å². The van der Waals surface area contributed by atoms with Crippen LogP contribution in [0.3, 0.4) is 0 Å². The van der Waals surface area contributed by atoms with E-state index >= 15 is 0 Å². The van der Waals surface area contributed by atoms with Gasteiger partial charge in [-0.2, -0.15) is 0 Å². The molecule has 0 amide bonds. The van der Waals surface area contributed by atoms with Gasteiger partial charge in [0.15, 0.2) is 5.65 Å². The van der Waals surface area contributed by atoms with Crippen molar-refractivity contribution in [2.75, 3.05) is 20.2 Å². The zero-order valence-corrected chi connectivity index (χ0v) is 16.9. The Bertz CT molecular complexity index is 1010. The third-order valence-electron chi connectivity index (χ3n) is 6.45. The van der Waals surface area contributed by atoms with Gasteiger partial charge in [-0.15, -0.1) is 0 Å². The zero-order chi connectivity index (χ0) is 19.8. The van der Waals surface area contributed by atoms with Crippen LogP contribution in [0, 0.1) is 0 Å². The number of alkyl halides is 1. The Hall–Kier alpha value is -2.47. The molecule has 2 aliphatic rings. The van der Waals surface area contributed by atoms with Crippen molar-refractivity contribution in [1.82, 2.24) is 19.4 Å². The van der Waals surface area contributed by atoms with Gasteiger partial charge in [0.1, 0.15) is 17.9 Å². The maximum absolute atomic E-state index is 13.3. The number of benzene rings is 1. The maximum atomic E-state index is 13.3. The third kappa shape index (κ3) is 3.29. The van der Waals surface area contributed by atoms with Crippen LogP contribution in [0.1, 0.15) is 47.8 Å². The summed E-state index contributed by atoms with van der Waals surface area (Å²) < 4.78 is 20.9. The van der Waals surface area contributed by atoms with Crippen LogP contribution in [0.4, 0.5) is 4.39 Å². The van der Waals surface area contributed by atoms with Crippen molar-refractivity contribution in [3.05, 3.63) is 53.0 Å². The maximum Gasteiger partial charge on any atom is 0.159 e. The summed E-state index contributed by atoms with van der Waals surface area (Å²) in [6.07, 6.45) is 7.19. The minimum Gasteiger partial charge on any atom is -0.497 e. The molecular formula is C23H27FN4O. The SMILES string of the molecule is COc1ccc(CCn2c3c(c4nc(CF)cnc42)C2CCCCN2CC3)cc1. The fraction of sp³-hybridized carbons (Fsp3) is 0.478. The number of rotatable bonds is 5. The Balaban J connectivity index is 1.54. The van der Waals surface area contributed by atoms with Crippen molar-refractivity contribution in [2.24, 2.45) is 0 Å². The molecular weight excluding hydrogens is 367 g/mol. The van der Waals surface area contributed by atoms with E-state index in [0.717, 1.165) is 55.8 Å². The molecule has 5 rings (SSSR count). The summed E-state index contributed by atoms with van der Waals surface area (Å²) >= 11 is 0. The van der Waals surface area contributed by atoms with E-state index in [9.17, 15) is 4.39 Å². The van der Waals surface area contributed by atoms with Gasteiger partial charge >= 0.3 is 0 Å². The molecule has 2 aromatic heterocycles. The van der Waals surface area contributed by atoms with Gasteiger partial charge in [0, 0.05) is 36.8 Å². The van der Waals surface area contributed by atoms with E-state index in [4.69, 9.17) is 9.72 Å². The van der Waals surface area contributed by atoms with Gasteiger partial charge in [-0.25, -0.2) is 14.4 Å². The van der Waals surface area contributed by atoms with Crippen molar-refractivity contribution in [1.29, 1.82) is 0 Å². The van der Waals surface area contributed by atoms with Gasteiger partial charge < -0.3 is 9.30 Å². The van der Waals surface area contributed by atoms with Crippen molar-refractivity contribution in [3.8, 4) is 5.75 Å². The van der Waals surface area contributed by atoms with Gasteiger partial charge in [-0.3, -0.25) is 4.90 Å². The van der Waals surface area contributed by atoms with Crippen LogP contribution in [-0.2, 0) is 26.1 Å². The average Bonchev–Trinajstić information content (AvgIpc) is 3.11. The molecule has 152 valence electrons. The molecule has 5 nitrogen and oxygen atoms in total. The molecule has 29 heavy (non-hydrogen) atoms. The van der Waals surface area contributed by atoms with E-state index < -0.39 is 6.67 Å². The van der Waals surface area contributed by atoms with Gasteiger partial charge in [0.25, 0.3) is 0 Å². The number of methoxy groups -OCH3 is 1. The predicted molar refractivity (Wildman–Crippen MR) is 111 cm³/mol. The first-order valence-electron chi connectivity index (χ1n) is 10.6. The molecule has 0 bridgehead atoms. The van der Waals surface area contributed by atoms with Crippen molar-refractivity contribution < 1.29 is 9.13 Å². The Labute approximate surface area is 170 Å². The van der Waals surface area contributed by atoms with Gasteiger partial charge in [-0.05, 0) is 43.5 Å². The van der Waals surface area contributed by atoms with Crippen LogP contribution in [0.25, 0.3) is 11.2 Å². The molecule has 1 aromatic carbocycles. The fourth-order valence-corrected chi connectivity index (χ4v) is 5.00. The lowest BCUT2D eigenvalue weighted by molar-refractivity contribution is 0.138. The lowest BCUT2D eigenvalue weighted by Gasteiger charge is -2.39. The molecule has 0 N–H and O–H groups in total. The average molecular weight is 394 g/mol. The molecule has 0 radical (unpaired) electrons. The summed E-state index contributed by atoms with van der Waals surface area (Å²) in [5, 5.41) is 0. The molecule has 3 aromatic rings. The Morgan fingerprint density at radius 3 is 2.83 bits per heavy atom. The second-order valence-corrected chi connectivity index (χ2v) is 8.07. The second kappa shape index (κ2) is 7.75. The first kappa shape index (κ1) is 18.6. The van der Waals surface area contributed by atoms with Crippen LogP contribution >= 0.6 is 0 Å². The summed E-state index contributed by atoms with van der Waals surface area (Å²) in [6.45, 7) is 2.53. The smallest absolute Gasteiger partial charge is 0.159 e. The number of aromatic nitrogens is 3. The number of aryl methyl sites for hydroxylation is 2. The Morgan fingerprint density at radius 2 is 2.03 bits per heavy atom. The number of piperidine rings is 1. The molecule has 1 fully saturated rings. The van der Waals surface area contributed by atoms with E-state index in [2.05, 4.69) is 26.6 Å². The van der Waals surface area contributed by atoms with Gasteiger partial charge in [0.2, 0.25) is 0 Å². The van der Waals surface area contributed by atoms with Crippen LogP contribution in [0.5, 0.6) is 5.75 Å². The quantitative estimate of drug-likeness (QED) is 0.649. The standard InChI is InChI=1S/C23H27FN4O/c1-29-18-7-5-16(6-8-18)9-13-28-20-10-12-27-11-3-2-4-19(27)21(20)22-23(28)25-15-17(14-24)26-22/h5-8,15,19H,2-4,9-14H2,1H3. The van der Waals surface area contributed by atoms with E-state index in [1.54, 1.807) is 13.3 Å². The Morgan fingerprint density at radius 1 is 1.17 bits per heavy atom. The topological polar surface area (TPSA) is 43.2 Å². The van der Waals surface area contributed by atoms with Crippen LogP contribution in [-0.4, -0.2) is 39.6 Å². The lowest BCUT2D eigenvalue weighted by Crippen LogP contribution is -2.39. The summed E-state index contributed by atoms with van der Waals surface area (Å²) in [5.74, 6) is 0.875. The molecule has 0 aliphatic carbocycles. The molecule has 4 heterocycles. The van der Waals surface area contributed by atoms with Crippen LogP contribution in [0.15, 0.2) is 30.5 Å². The Kier molecular flexibility index (Phi) is 4.96. The monoisotopic (exact) mass is 394 g/mol. The number of hydrogen-bond acceptors (Lipinski definition) is 4. The van der Waals surface area contributed by atoms with Crippen LogP contribution in [0.2, 0.25) is 0 Å². The van der Waals surface area contributed by atoms with E-state index in [1.165, 1.54) is 29.7 Å². The zero-order valence-electron chi connectivity index (χ0n) is 16.9. The molecule has 1 unspecified atom stereocenters. The highest BCUT2D eigenvalue weighted by Gasteiger charge is 2.35. The van der Waals surface area contributed by atoms with Gasteiger partial charge in [0.05, 0.1) is 19.0 Å². The summed E-state index contributed by atoms with van der Waals surface area (Å²) in [6, 6.07) is 8.65. The number of ether oxygens (including phenoxy) is 1. The van der Waals surface area contributed by atoms with Crippen molar-refractivity contribution in [2.45, 2.75) is 51.4 Å². The first-order valence-corrected chi connectivity index (χ1v) is 10.6. The minimum absolute atomic E-state index is 0.404. The summed E-state index contributed by atoms with van der Waals surface area (Å²) in [5.41, 5.74) is 6.19. The van der Waals surface area contributed by atoms with E-state index in [-0.39, 0.29) is 0 Å². The minimum atomic E-state index is -0.566. The first-order chi connectivity index (χ1) is 14.3. The molecule has 2 aliphatic heterocycles. The van der Waals surface area contributed by atoms with Gasteiger partial charge in [-0.1, -0.05) is 18.6 Å². The molecule has 1 atom stereocenters. The highest BCUT2D eigenvalue weighted by atomic mass is 19.1. The predicted octanol–water partition coefficient (Wildman–Crippen LogP) is 4.24. The summed E-state index contributed by atoms with van der Waals surface area (Å²) in [7, 11) is 1.69. The fourth-order valence-electron chi connectivity index (χ4n) is 5.00. The molecule has 0 spiro atoms. The lowest BCUT2D eigenvalue weighted by atomic mass is 9.90. The molecule has 1 saturated heterocycles.